The van der Waals surface area contributed by atoms with E-state index in [0.29, 0.717) is 5.56 Å². The number of phenolic OH excluding ortho intramolecular Hbond substituents is 1. The van der Waals surface area contributed by atoms with Gasteiger partial charge in [-0.25, -0.2) is 0 Å². The summed E-state index contributed by atoms with van der Waals surface area (Å²) < 4.78 is 58.1. The van der Waals surface area contributed by atoms with Crippen molar-refractivity contribution in [2.45, 2.75) is 45.7 Å². The van der Waals surface area contributed by atoms with Crippen molar-refractivity contribution in [2.24, 2.45) is 5.73 Å². The maximum Gasteiger partial charge on any atom is 0.386 e. The molecule has 0 aliphatic heterocycles. The fourth-order valence-corrected chi connectivity index (χ4v) is 8.88. The van der Waals surface area contributed by atoms with Gasteiger partial charge in [-0.2, -0.15) is 0 Å². The van der Waals surface area contributed by atoms with Gasteiger partial charge >= 0.3 is 20.3 Å². The van der Waals surface area contributed by atoms with Crippen molar-refractivity contribution in [3.8, 4) is 11.5 Å². The van der Waals surface area contributed by atoms with Crippen LogP contribution in [0.3, 0.4) is 0 Å². The third kappa shape index (κ3) is 6.29. The Morgan fingerprint density at radius 3 is 1.71 bits per heavy atom. The van der Waals surface area contributed by atoms with E-state index in [1.807, 2.05) is 6.07 Å². The van der Waals surface area contributed by atoms with E-state index in [1.165, 1.54) is 24.3 Å². The molecule has 11 heteroatoms. The maximum atomic E-state index is 14.5. The molecule has 0 heterocycles. The third-order valence-electron chi connectivity index (χ3n) is 4.83. The second-order valence-corrected chi connectivity index (χ2v) is 12.0. The van der Waals surface area contributed by atoms with Crippen LogP contribution in [0.25, 0.3) is 0 Å². The Morgan fingerprint density at radius 2 is 1.26 bits per heavy atom. The molecule has 34 heavy (non-hydrogen) atoms. The quantitative estimate of drug-likeness (QED) is 0.289. The molecule has 0 fully saturated rings. The van der Waals surface area contributed by atoms with Crippen molar-refractivity contribution in [1.82, 2.24) is 0 Å². The summed E-state index contributed by atoms with van der Waals surface area (Å²) in [6.45, 7) is 6.88. The van der Waals surface area contributed by atoms with Crippen LogP contribution in [0, 0.1) is 0 Å². The standard InChI is InChI=1S/C23H35NO8P2/c1-5-28-33(26,29-6-2)23(34(27,30-7-3)31-8-4,32-22-14-12-21(25)13-15-22)17-19-10-9-11-20(16-19)18-24/h9-16,25H,5-8,17-18,24H2,1-4H3. The number of hydrogen-bond donors (Lipinski definition) is 2. The average Bonchev–Trinajstić information content (AvgIpc) is 2.80. The van der Waals surface area contributed by atoms with E-state index in [9.17, 15) is 14.2 Å². The minimum Gasteiger partial charge on any atom is -0.508 e. The zero-order valence-electron chi connectivity index (χ0n) is 20.1. The van der Waals surface area contributed by atoms with Crippen LogP contribution in [-0.4, -0.2) is 36.6 Å². The van der Waals surface area contributed by atoms with E-state index in [0.717, 1.165) is 5.56 Å². The molecule has 9 nitrogen and oxygen atoms in total. The number of aromatic hydroxyl groups is 1. The van der Waals surface area contributed by atoms with E-state index < -0.39 is 20.3 Å². The highest BCUT2D eigenvalue weighted by atomic mass is 31.2. The van der Waals surface area contributed by atoms with Crippen LogP contribution in [0.5, 0.6) is 11.5 Å². The van der Waals surface area contributed by atoms with E-state index in [4.69, 9.17) is 28.6 Å². The van der Waals surface area contributed by atoms with E-state index in [1.54, 1.807) is 45.9 Å². The van der Waals surface area contributed by atoms with Crippen LogP contribution in [0.15, 0.2) is 48.5 Å². The van der Waals surface area contributed by atoms with Crippen molar-refractivity contribution < 1.29 is 37.1 Å². The largest absolute Gasteiger partial charge is 0.508 e. The number of ether oxygens (including phenoxy) is 1. The lowest BCUT2D eigenvalue weighted by Gasteiger charge is -2.42. The SMILES string of the molecule is CCOP(=O)(OCC)C(Cc1cccc(CN)c1)(Oc1ccc(O)cc1)P(=O)(OCC)OCC. The minimum absolute atomic E-state index is 0.000937. The molecule has 190 valence electrons. The average molecular weight is 515 g/mol. The minimum atomic E-state index is -4.34. The zero-order valence-corrected chi connectivity index (χ0v) is 21.9. The van der Waals surface area contributed by atoms with Crippen LogP contribution >= 0.6 is 15.2 Å². The molecule has 0 radical (unpaired) electrons. The molecule has 0 atom stereocenters. The second-order valence-electron chi connectivity index (χ2n) is 7.21. The molecular weight excluding hydrogens is 480 g/mol. The lowest BCUT2D eigenvalue weighted by atomic mass is 10.1. The Bertz CT molecular complexity index is 949. The molecule has 0 aromatic heterocycles. The lowest BCUT2D eigenvalue weighted by Crippen LogP contribution is -2.41. The second kappa shape index (κ2) is 12.8. The van der Waals surface area contributed by atoms with Crippen LogP contribution in [0.4, 0.5) is 0 Å². The summed E-state index contributed by atoms with van der Waals surface area (Å²) >= 11 is 0. The zero-order chi connectivity index (χ0) is 25.2. The van der Waals surface area contributed by atoms with Gasteiger partial charge in [0.05, 0.1) is 26.4 Å². The molecule has 2 aromatic carbocycles. The monoisotopic (exact) mass is 515 g/mol. The highest BCUT2D eigenvalue weighted by Gasteiger charge is 2.68. The smallest absolute Gasteiger partial charge is 0.386 e. The highest BCUT2D eigenvalue weighted by Crippen LogP contribution is 2.78. The van der Waals surface area contributed by atoms with Gasteiger partial charge in [0.25, 0.3) is 0 Å². The molecule has 0 saturated heterocycles. The molecule has 0 unspecified atom stereocenters. The van der Waals surface area contributed by atoms with Gasteiger partial charge in [0.15, 0.2) is 0 Å². The van der Waals surface area contributed by atoms with Crippen molar-refractivity contribution >= 4 is 15.2 Å². The number of hydrogen-bond acceptors (Lipinski definition) is 9. The fraction of sp³-hybridized carbons (Fsp3) is 0.478. The van der Waals surface area contributed by atoms with Gasteiger partial charge in [-0.15, -0.1) is 0 Å². The van der Waals surface area contributed by atoms with Crippen molar-refractivity contribution in [3.63, 3.8) is 0 Å². The molecule has 0 aliphatic rings. The van der Waals surface area contributed by atoms with Crippen LogP contribution in [0.2, 0.25) is 0 Å². The first-order valence-corrected chi connectivity index (χ1v) is 14.4. The maximum absolute atomic E-state index is 14.5. The van der Waals surface area contributed by atoms with Crippen molar-refractivity contribution in [3.05, 3.63) is 59.7 Å². The van der Waals surface area contributed by atoms with Crippen LogP contribution in [0.1, 0.15) is 38.8 Å². The highest BCUT2D eigenvalue weighted by molar-refractivity contribution is 7.74. The van der Waals surface area contributed by atoms with Gasteiger partial charge in [0.2, 0.25) is 0 Å². The third-order valence-corrected chi connectivity index (χ3v) is 10.9. The normalized spacial score (nSPS) is 12.6. The number of nitrogens with two attached hydrogens (primary N) is 1. The number of phenols is 1. The Morgan fingerprint density at radius 1 is 0.794 bits per heavy atom. The summed E-state index contributed by atoms with van der Waals surface area (Å²) in [4.78, 5) is 0. The summed E-state index contributed by atoms with van der Waals surface area (Å²) in [5.74, 6) is 0.177. The van der Waals surface area contributed by atoms with E-state index in [-0.39, 0.29) is 50.9 Å². The molecule has 0 bridgehead atoms. The molecule has 3 N–H and O–H groups in total. The van der Waals surface area contributed by atoms with Gasteiger partial charge in [0.1, 0.15) is 11.5 Å². The summed E-state index contributed by atoms with van der Waals surface area (Å²) in [5.41, 5.74) is 7.27. The topological polar surface area (TPSA) is 127 Å². The molecule has 0 aliphatic carbocycles. The molecular formula is C23H35NO8P2. The Hall–Kier alpha value is -1.70. The molecule has 2 aromatic rings. The summed E-state index contributed by atoms with van der Waals surface area (Å²) in [6, 6.07) is 12.9. The van der Waals surface area contributed by atoms with Gasteiger partial charge in [-0.1, -0.05) is 24.3 Å². The first-order chi connectivity index (χ1) is 16.2. The van der Waals surface area contributed by atoms with E-state index in [2.05, 4.69) is 0 Å². The summed E-state index contributed by atoms with van der Waals surface area (Å²) in [5, 5.41) is 7.54. The Balaban J connectivity index is 2.87. The van der Waals surface area contributed by atoms with Gasteiger partial charge in [-0.3, -0.25) is 9.13 Å². The lowest BCUT2D eigenvalue weighted by molar-refractivity contribution is 0.0976. The predicted octanol–water partition coefficient (Wildman–Crippen LogP) is 5.66. The summed E-state index contributed by atoms with van der Waals surface area (Å²) in [6.07, 6.45) is -0.184. The predicted molar refractivity (Wildman–Crippen MR) is 131 cm³/mol. The van der Waals surface area contributed by atoms with Crippen molar-refractivity contribution in [2.75, 3.05) is 26.4 Å². The molecule has 0 saturated carbocycles. The molecule has 0 amide bonds. The van der Waals surface area contributed by atoms with Gasteiger partial charge in [0, 0.05) is 13.0 Å². The Labute approximate surface area is 201 Å². The van der Waals surface area contributed by atoms with Gasteiger partial charge < -0.3 is 33.7 Å². The molecule has 2 rings (SSSR count). The van der Waals surface area contributed by atoms with Crippen molar-refractivity contribution in [1.29, 1.82) is 0 Å². The summed E-state index contributed by atoms with van der Waals surface area (Å²) in [7, 11) is -8.67. The van der Waals surface area contributed by atoms with Gasteiger partial charge in [-0.05, 0) is 63.1 Å². The first kappa shape index (κ1) is 28.5. The molecule has 0 spiro atoms. The van der Waals surface area contributed by atoms with E-state index >= 15 is 0 Å². The number of rotatable bonds is 15. The van der Waals surface area contributed by atoms with Crippen LogP contribution < -0.4 is 10.5 Å². The fourth-order valence-electron chi connectivity index (χ4n) is 3.48. The first-order valence-electron chi connectivity index (χ1n) is 11.3. The number of benzene rings is 2. The van der Waals surface area contributed by atoms with Crippen LogP contribution in [-0.2, 0) is 40.2 Å². The Kier molecular flexibility index (Phi) is 10.8.